The summed E-state index contributed by atoms with van der Waals surface area (Å²) in [6.07, 6.45) is 1.47. The zero-order chi connectivity index (χ0) is 20.5. The zero-order valence-electron chi connectivity index (χ0n) is 18.0. The van der Waals surface area contributed by atoms with Gasteiger partial charge in [-0.15, -0.1) is 0 Å². The number of benzene rings is 2. The van der Waals surface area contributed by atoms with Crippen LogP contribution in [0.2, 0.25) is 0 Å². The molecule has 1 heterocycles. The first kappa shape index (κ1) is 20.2. The first-order valence-electron chi connectivity index (χ1n) is 10.1. The van der Waals surface area contributed by atoms with E-state index in [-0.39, 0.29) is 11.3 Å². The first-order valence-corrected chi connectivity index (χ1v) is 10.1. The maximum atomic E-state index is 12.4. The molecular formula is C24H32N2O2. The van der Waals surface area contributed by atoms with Crippen molar-refractivity contribution in [2.24, 2.45) is 5.41 Å². The Balaban J connectivity index is 1.92. The summed E-state index contributed by atoms with van der Waals surface area (Å²) in [7, 11) is 0. The Labute approximate surface area is 168 Å². The monoisotopic (exact) mass is 380 g/mol. The van der Waals surface area contributed by atoms with E-state index < -0.39 is 0 Å². The van der Waals surface area contributed by atoms with Crippen molar-refractivity contribution in [2.45, 2.75) is 54.4 Å². The zero-order valence-corrected chi connectivity index (χ0v) is 18.0. The summed E-state index contributed by atoms with van der Waals surface area (Å²) in [5.74, 6) is 1.01. The van der Waals surface area contributed by atoms with Gasteiger partial charge in [0.2, 0.25) is 5.91 Å². The van der Waals surface area contributed by atoms with Crippen LogP contribution in [0.4, 0.5) is 17.1 Å². The molecule has 0 aliphatic carbocycles. The van der Waals surface area contributed by atoms with Gasteiger partial charge in [-0.2, -0.15) is 0 Å². The van der Waals surface area contributed by atoms with Crippen molar-refractivity contribution in [2.75, 3.05) is 23.4 Å². The Bertz CT molecular complexity index is 858. The number of rotatable bonds is 3. The fourth-order valence-corrected chi connectivity index (χ4v) is 3.71. The molecule has 2 aromatic rings. The Morgan fingerprint density at radius 1 is 1.11 bits per heavy atom. The van der Waals surface area contributed by atoms with Gasteiger partial charge in [0.15, 0.2) is 0 Å². The number of fused-ring (bicyclic) bond motifs is 1. The molecule has 0 radical (unpaired) electrons. The predicted octanol–water partition coefficient (Wildman–Crippen LogP) is 5.91. The second-order valence-electron chi connectivity index (χ2n) is 9.07. The maximum absolute atomic E-state index is 12.4. The molecule has 0 fully saturated rings. The molecule has 1 aliphatic heterocycles. The van der Waals surface area contributed by atoms with Gasteiger partial charge in [0, 0.05) is 24.3 Å². The highest BCUT2D eigenvalue weighted by Crippen LogP contribution is 2.38. The van der Waals surface area contributed by atoms with Crippen molar-refractivity contribution in [3.8, 4) is 5.75 Å². The number of carbonyl (C=O) groups excluding carboxylic acids is 1. The van der Waals surface area contributed by atoms with Crippen LogP contribution >= 0.6 is 0 Å². The van der Waals surface area contributed by atoms with E-state index in [0.29, 0.717) is 6.42 Å². The number of hydrogen-bond donors (Lipinski definition) is 1. The largest absolute Gasteiger partial charge is 0.491 e. The van der Waals surface area contributed by atoms with Gasteiger partial charge in [-0.3, -0.25) is 4.79 Å². The standard InChI is InChI=1S/C24H32N2O2/c1-16-8-9-20-21(12-16)28-11-7-10-26(20)19-13-17(2)23(18(3)14-19)25-22(27)15-24(4,5)6/h8-9,12-14H,7,10-11,15H2,1-6H3,(H,25,27). The van der Waals surface area contributed by atoms with E-state index in [9.17, 15) is 4.79 Å². The van der Waals surface area contributed by atoms with Crippen LogP contribution in [0.25, 0.3) is 0 Å². The van der Waals surface area contributed by atoms with Gasteiger partial charge in [0.1, 0.15) is 5.75 Å². The van der Waals surface area contributed by atoms with Crippen molar-refractivity contribution < 1.29 is 9.53 Å². The van der Waals surface area contributed by atoms with Crippen LogP contribution in [-0.4, -0.2) is 19.1 Å². The molecule has 4 heteroatoms. The van der Waals surface area contributed by atoms with Crippen LogP contribution in [0, 0.1) is 26.2 Å². The number of nitrogens with one attached hydrogen (secondary N) is 1. The van der Waals surface area contributed by atoms with Crippen molar-refractivity contribution >= 4 is 23.0 Å². The van der Waals surface area contributed by atoms with Crippen molar-refractivity contribution in [3.05, 3.63) is 47.0 Å². The Kier molecular flexibility index (Phi) is 5.69. The lowest BCUT2D eigenvalue weighted by molar-refractivity contribution is -0.117. The minimum atomic E-state index is -0.0280. The average Bonchev–Trinajstić information content (AvgIpc) is 2.78. The van der Waals surface area contributed by atoms with Crippen LogP contribution < -0.4 is 15.0 Å². The van der Waals surface area contributed by atoms with E-state index in [1.54, 1.807) is 0 Å². The topological polar surface area (TPSA) is 41.6 Å². The summed E-state index contributed by atoms with van der Waals surface area (Å²) in [6.45, 7) is 14.1. The number of ether oxygens (including phenoxy) is 1. The van der Waals surface area contributed by atoms with Gasteiger partial charge in [-0.1, -0.05) is 26.8 Å². The van der Waals surface area contributed by atoms with Crippen LogP contribution in [-0.2, 0) is 4.79 Å². The molecule has 1 aliphatic rings. The number of anilines is 3. The summed E-state index contributed by atoms with van der Waals surface area (Å²) in [5, 5.41) is 3.12. The van der Waals surface area contributed by atoms with E-state index in [0.717, 1.165) is 53.5 Å². The van der Waals surface area contributed by atoms with E-state index in [4.69, 9.17) is 4.74 Å². The van der Waals surface area contributed by atoms with Gasteiger partial charge in [0.05, 0.1) is 12.3 Å². The molecule has 1 N–H and O–H groups in total. The van der Waals surface area contributed by atoms with Crippen LogP contribution in [0.3, 0.4) is 0 Å². The van der Waals surface area contributed by atoms with Crippen molar-refractivity contribution in [1.82, 2.24) is 0 Å². The van der Waals surface area contributed by atoms with Crippen LogP contribution in [0.15, 0.2) is 30.3 Å². The number of aryl methyl sites for hydroxylation is 3. The molecule has 0 aromatic heterocycles. The van der Waals surface area contributed by atoms with Gasteiger partial charge in [-0.05, 0) is 73.6 Å². The summed E-state index contributed by atoms with van der Waals surface area (Å²) in [4.78, 5) is 14.7. The molecule has 1 amide bonds. The molecule has 0 unspecified atom stereocenters. The number of hydrogen-bond acceptors (Lipinski definition) is 3. The van der Waals surface area contributed by atoms with Crippen molar-refractivity contribution in [1.29, 1.82) is 0 Å². The fourth-order valence-electron chi connectivity index (χ4n) is 3.71. The molecule has 28 heavy (non-hydrogen) atoms. The van der Waals surface area contributed by atoms with E-state index in [1.807, 2.05) is 0 Å². The highest BCUT2D eigenvalue weighted by atomic mass is 16.5. The Morgan fingerprint density at radius 2 is 1.79 bits per heavy atom. The first-order chi connectivity index (χ1) is 13.1. The average molecular weight is 381 g/mol. The third-order valence-corrected chi connectivity index (χ3v) is 4.97. The molecule has 4 nitrogen and oxygen atoms in total. The molecule has 3 rings (SSSR count). The van der Waals surface area contributed by atoms with Gasteiger partial charge < -0.3 is 15.0 Å². The van der Waals surface area contributed by atoms with Gasteiger partial charge in [-0.25, -0.2) is 0 Å². The molecule has 0 saturated heterocycles. The minimum absolute atomic E-state index is 0.0280. The van der Waals surface area contributed by atoms with Crippen molar-refractivity contribution in [3.63, 3.8) is 0 Å². The molecule has 0 saturated carbocycles. The van der Waals surface area contributed by atoms with E-state index >= 15 is 0 Å². The molecule has 0 bridgehead atoms. The number of carbonyl (C=O) groups is 1. The smallest absolute Gasteiger partial charge is 0.224 e. The highest BCUT2D eigenvalue weighted by molar-refractivity contribution is 5.93. The van der Waals surface area contributed by atoms with Crippen LogP contribution in [0.5, 0.6) is 5.75 Å². The molecule has 0 atom stereocenters. The lowest BCUT2D eigenvalue weighted by Gasteiger charge is -2.26. The van der Waals surface area contributed by atoms with Crippen LogP contribution in [0.1, 0.15) is 50.3 Å². The lowest BCUT2D eigenvalue weighted by Crippen LogP contribution is -2.21. The fraction of sp³-hybridized carbons (Fsp3) is 0.458. The van der Waals surface area contributed by atoms with Gasteiger partial charge in [0.25, 0.3) is 0 Å². The summed E-state index contributed by atoms with van der Waals surface area (Å²) >= 11 is 0. The molecule has 150 valence electrons. The molecular weight excluding hydrogens is 348 g/mol. The number of amides is 1. The molecule has 2 aromatic carbocycles. The summed E-state index contributed by atoms with van der Waals surface area (Å²) < 4.78 is 5.97. The number of nitrogens with zero attached hydrogens (tertiary/aromatic N) is 1. The van der Waals surface area contributed by atoms with E-state index in [1.165, 1.54) is 5.56 Å². The Morgan fingerprint density at radius 3 is 2.43 bits per heavy atom. The highest BCUT2D eigenvalue weighted by Gasteiger charge is 2.21. The normalized spacial score (nSPS) is 14.1. The molecule has 0 spiro atoms. The predicted molar refractivity (Wildman–Crippen MR) is 117 cm³/mol. The van der Waals surface area contributed by atoms with Gasteiger partial charge >= 0.3 is 0 Å². The Hall–Kier alpha value is -2.49. The minimum Gasteiger partial charge on any atom is -0.491 e. The quantitative estimate of drug-likeness (QED) is 0.720. The summed E-state index contributed by atoms with van der Waals surface area (Å²) in [5.41, 5.74) is 6.50. The lowest BCUT2D eigenvalue weighted by atomic mass is 9.92. The second-order valence-corrected chi connectivity index (χ2v) is 9.07. The SMILES string of the molecule is Cc1ccc2c(c1)OCCCN2c1cc(C)c(NC(=O)CC(C)(C)C)c(C)c1. The second kappa shape index (κ2) is 7.86. The summed E-state index contributed by atoms with van der Waals surface area (Å²) in [6, 6.07) is 10.7. The maximum Gasteiger partial charge on any atom is 0.224 e. The third kappa shape index (κ3) is 4.67. The van der Waals surface area contributed by atoms with E-state index in [2.05, 4.69) is 82.1 Å². The third-order valence-electron chi connectivity index (χ3n) is 4.97.